The molecule has 0 saturated carbocycles. The highest BCUT2D eigenvalue weighted by Gasteiger charge is 2.21. The van der Waals surface area contributed by atoms with Gasteiger partial charge in [-0.05, 0) is 5.56 Å². The number of morpholine rings is 1. The average Bonchev–Trinajstić information content (AvgIpc) is 2.97. The molecule has 0 atom stereocenters. The van der Waals surface area contributed by atoms with Gasteiger partial charge in [-0.2, -0.15) is 0 Å². The summed E-state index contributed by atoms with van der Waals surface area (Å²) in [7, 11) is 0. The second-order valence-corrected chi connectivity index (χ2v) is 5.49. The number of ether oxygens (including phenoxy) is 1. The van der Waals surface area contributed by atoms with Gasteiger partial charge in [-0.25, -0.2) is 9.97 Å². The molecule has 3 aromatic rings. The van der Waals surface area contributed by atoms with E-state index in [9.17, 15) is 4.79 Å². The van der Waals surface area contributed by atoms with Crippen molar-refractivity contribution in [2.45, 2.75) is 6.54 Å². The van der Waals surface area contributed by atoms with Crippen LogP contribution in [0.25, 0.3) is 11.2 Å². The van der Waals surface area contributed by atoms with E-state index in [2.05, 4.69) is 32.0 Å². The molecule has 4 rings (SSSR count). The fraction of sp³-hybridized carbons (Fsp3) is 0.312. The minimum Gasteiger partial charge on any atom is -0.378 e. The second-order valence-electron chi connectivity index (χ2n) is 5.49. The molecule has 1 fully saturated rings. The Kier molecular flexibility index (Phi) is 3.55. The highest BCUT2D eigenvalue weighted by Crippen LogP contribution is 2.21. The lowest BCUT2D eigenvalue weighted by Crippen LogP contribution is -2.38. The maximum Gasteiger partial charge on any atom is 0.278 e. The van der Waals surface area contributed by atoms with E-state index < -0.39 is 0 Å². The van der Waals surface area contributed by atoms with Crippen LogP contribution < -0.4 is 10.5 Å². The molecule has 0 bridgehead atoms. The van der Waals surface area contributed by atoms with Crippen molar-refractivity contribution < 1.29 is 4.74 Å². The number of imidazole rings is 1. The third kappa shape index (κ3) is 2.59. The summed E-state index contributed by atoms with van der Waals surface area (Å²) in [6.45, 7) is 3.48. The third-order valence-electron chi connectivity index (χ3n) is 4.00. The zero-order valence-electron chi connectivity index (χ0n) is 12.6. The molecule has 0 unspecified atom stereocenters. The standard InChI is InChI=1S/C16H17N5O2/c22-15-13-14(17-11-18-15)21(10-12-4-2-1-3-5-12)16(19-13)20-6-8-23-9-7-20/h1-5,11H,6-10H2,(H,17,18,22). The number of nitrogens with zero attached hydrogens (tertiary/aromatic N) is 4. The van der Waals surface area contributed by atoms with Gasteiger partial charge in [0, 0.05) is 13.1 Å². The number of nitrogens with one attached hydrogen (secondary N) is 1. The van der Waals surface area contributed by atoms with E-state index in [4.69, 9.17) is 4.74 Å². The van der Waals surface area contributed by atoms with Crippen LogP contribution >= 0.6 is 0 Å². The maximum atomic E-state index is 12.1. The van der Waals surface area contributed by atoms with Crippen LogP contribution in [0.15, 0.2) is 41.5 Å². The molecule has 0 amide bonds. The third-order valence-corrected chi connectivity index (χ3v) is 4.00. The summed E-state index contributed by atoms with van der Waals surface area (Å²) >= 11 is 0. The first-order valence-corrected chi connectivity index (χ1v) is 7.63. The Hall–Kier alpha value is -2.67. The van der Waals surface area contributed by atoms with Crippen molar-refractivity contribution in [3.63, 3.8) is 0 Å². The molecular weight excluding hydrogens is 294 g/mol. The summed E-state index contributed by atoms with van der Waals surface area (Å²) in [5, 5.41) is 0. The summed E-state index contributed by atoms with van der Waals surface area (Å²) in [6.07, 6.45) is 1.43. The van der Waals surface area contributed by atoms with Crippen LogP contribution in [-0.2, 0) is 11.3 Å². The van der Waals surface area contributed by atoms with E-state index in [1.807, 2.05) is 22.8 Å². The van der Waals surface area contributed by atoms with Crippen molar-refractivity contribution in [2.75, 3.05) is 31.2 Å². The van der Waals surface area contributed by atoms with Crippen LogP contribution in [0.2, 0.25) is 0 Å². The number of fused-ring (bicyclic) bond motifs is 1. The normalized spacial score (nSPS) is 15.2. The Labute approximate surface area is 132 Å². The van der Waals surface area contributed by atoms with Gasteiger partial charge in [0.15, 0.2) is 11.2 Å². The van der Waals surface area contributed by atoms with E-state index >= 15 is 0 Å². The minimum absolute atomic E-state index is 0.212. The van der Waals surface area contributed by atoms with Gasteiger partial charge in [-0.15, -0.1) is 0 Å². The van der Waals surface area contributed by atoms with E-state index in [0.29, 0.717) is 30.9 Å². The molecule has 7 heteroatoms. The van der Waals surface area contributed by atoms with Crippen LogP contribution in [0.5, 0.6) is 0 Å². The smallest absolute Gasteiger partial charge is 0.278 e. The number of anilines is 1. The summed E-state index contributed by atoms with van der Waals surface area (Å²) in [6, 6.07) is 10.1. The highest BCUT2D eigenvalue weighted by atomic mass is 16.5. The van der Waals surface area contributed by atoms with Crippen LogP contribution in [0.4, 0.5) is 5.95 Å². The number of hydrogen-bond acceptors (Lipinski definition) is 5. The lowest BCUT2D eigenvalue weighted by atomic mass is 10.2. The zero-order chi connectivity index (χ0) is 15.6. The van der Waals surface area contributed by atoms with Crippen molar-refractivity contribution in [3.8, 4) is 0 Å². The van der Waals surface area contributed by atoms with E-state index in [1.165, 1.54) is 6.33 Å². The van der Waals surface area contributed by atoms with Gasteiger partial charge in [0.25, 0.3) is 5.56 Å². The number of hydrogen-bond donors (Lipinski definition) is 1. The topological polar surface area (TPSA) is 76.0 Å². The predicted molar refractivity (Wildman–Crippen MR) is 86.7 cm³/mol. The molecule has 2 aromatic heterocycles. The van der Waals surface area contributed by atoms with Gasteiger partial charge >= 0.3 is 0 Å². The van der Waals surface area contributed by atoms with Crippen molar-refractivity contribution in [3.05, 3.63) is 52.6 Å². The van der Waals surface area contributed by atoms with Gasteiger partial charge in [-0.1, -0.05) is 30.3 Å². The minimum atomic E-state index is -0.212. The van der Waals surface area contributed by atoms with Crippen molar-refractivity contribution in [1.29, 1.82) is 0 Å². The highest BCUT2D eigenvalue weighted by molar-refractivity contribution is 5.73. The van der Waals surface area contributed by atoms with Gasteiger partial charge in [0.1, 0.15) is 0 Å². The number of rotatable bonds is 3. The van der Waals surface area contributed by atoms with Gasteiger partial charge < -0.3 is 14.6 Å². The number of benzene rings is 1. The van der Waals surface area contributed by atoms with Crippen LogP contribution in [0.3, 0.4) is 0 Å². The lowest BCUT2D eigenvalue weighted by Gasteiger charge is -2.28. The molecule has 7 nitrogen and oxygen atoms in total. The van der Waals surface area contributed by atoms with Crippen molar-refractivity contribution >= 4 is 17.1 Å². The van der Waals surface area contributed by atoms with E-state index in [1.54, 1.807) is 0 Å². The molecule has 1 saturated heterocycles. The quantitative estimate of drug-likeness (QED) is 0.781. The van der Waals surface area contributed by atoms with Gasteiger partial charge in [0.05, 0.1) is 26.1 Å². The molecule has 1 aliphatic rings. The van der Waals surface area contributed by atoms with Crippen LogP contribution in [0, 0.1) is 0 Å². The first kappa shape index (κ1) is 14.0. The first-order valence-electron chi connectivity index (χ1n) is 7.63. The summed E-state index contributed by atoms with van der Waals surface area (Å²) < 4.78 is 7.42. The molecule has 1 aliphatic heterocycles. The molecule has 0 spiro atoms. The summed E-state index contributed by atoms with van der Waals surface area (Å²) in [4.78, 5) is 25.7. The second kappa shape index (κ2) is 5.85. The SMILES string of the molecule is O=c1[nH]cnc2c1nc(N1CCOCC1)n2Cc1ccccc1. The molecule has 3 heterocycles. The van der Waals surface area contributed by atoms with Crippen LogP contribution in [-0.4, -0.2) is 45.8 Å². The lowest BCUT2D eigenvalue weighted by molar-refractivity contribution is 0.121. The van der Waals surface area contributed by atoms with Crippen molar-refractivity contribution in [1.82, 2.24) is 19.5 Å². The predicted octanol–water partition coefficient (Wildman–Crippen LogP) is 1.00. The number of aromatic amines is 1. The van der Waals surface area contributed by atoms with E-state index in [-0.39, 0.29) is 5.56 Å². The largest absolute Gasteiger partial charge is 0.378 e. The van der Waals surface area contributed by atoms with E-state index in [0.717, 1.165) is 24.6 Å². The molecule has 0 aliphatic carbocycles. The first-order chi connectivity index (χ1) is 11.3. The Balaban J connectivity index is 1.85. The Bertz CT molecular complexity index is 865. The molecular formula is C16H17N5O2. The number of aromatic nitrogens is 4. The Morgan fingerprint density at radius 3 is 2.74 bits per heavy atom. The molecule has 23 heavy (non-hydrogen) atoms. The fourth-order valence-corrected chi connectivity index (χ4v) is 2.85. The zero-order valence-corrected chi connectivity index (χ0v) is 12.6. The van der Waals surface area contributed by atoms with Gasteiger partial charge in [0.2, 0.25) is 5.95 Å². The van der Waals surface area contributed by atoms with Crippen LogP contribution in [0.1, 0.15) is 5.56 Å². The fourth-order valence-electron chi connectivity index (χ4n) is 2.85. The summed E-state index contributed by atoms with van der Waals surface area (Å²) in [5.41, 5.74) is 1.92. The average molecular weight is 311 g/mol. The number of H-pyrrole nitrogens is 1. The molecule has 1 aromatic carbocycles. The van der Waals surface area contributed by atoms with Crippen molar-refractivity contribution in [2.24, 2.45) is 0 Å². The molecule has 118 valence electrons. The van der Waals surface area contributed by atoms with Gasteiger partial charge in [-0.3, -0.25) is 9.36 Å². The molecule has 1 N–H and O–H groups in total. The summed E-state index contributed by atoms with van der Waals surface area (Å²) in [5.74, 6) is 0.774. The maximum absolute atomic E-state index is 12.1. The molecule has 0 radical (unpaired) electrons. The Morgan fingerprint density at radius 2 is 1.96 bits per heavy atom. The monoisotopic (exact) mass is 311 g/mol. The Morgan fingerprint density at radius 1 is 1.17 bits per heavy atom.